The topological polar surface area (TPSA) is 64.1 Å². The maximum Gasteiger partial charge on any atom is 0.321 e. The van der Waals surface area contributed by atoms with E-state index in [4.69, 9.17) is 4.74 Å². The minimum absolute atomic E-state index is 0.0299. The normalized spacial score (nSPS) is 14.0. The minimum Gasteiger partial charge on any atom is -0.424 e. The van der Waals surface area contributed by atoms with Gasteiger partial charge in [-0.3, -0.25) is 4.79 Å². The van der Waals surface area contributed by atoms with Crippen molar-refractivity contribution in [2.75, 3.05) is 0 Å². The van der Waals surface area contributed by atoms with Gasteiger partial charge < -0.3 is 10.1 Å². The first-order valence-corrected chi connectivity index (χ1v) is 9.34. The number of hydrogen-bond acceptors (Lipinski definition) is 4. The third kappa shape index (κ3) is 4.34. The molecule has 0 saturated heterocycles. The summed E-state index contributed by atoms with van der Waals surface area (Å²) in [5.41, 5.74) is 2.37. The van der Waals surface area contributed by atoms with Crippen LogP contribution in [0, 0.1) is 5.82 Å². The molecule has 142 valence electrons. The fraction of sp³-hybridized carbons (Fsp3) is 0.227. The molecule has 3 aromatic rings. The Morgan fingerprint density at radius 2 is 1.57 bits per heavy atom. The number of nitrogens with zero attached hydrogens (tertiary/aromatic N) is 2. The molecule has 0 spiro atoms. The predicted octanol–water partition coefficient (Wildman–Crippen LogP) is 4.75. The van der Waals surface area contributed by atoms with E-state index in [1.165, 1.54) is 37.1 Å². The van der Waals surface area contributed by atoms with E-state index >= 15 is 0 Å². The molecule has 1 saturated carbocycles. The molecule has 28 heavy (non-hydrogen) atoms. The molecule has 1 fully saturated rings. The number of hydrogen-bond donors (Lipinski definition) is 1. The van der Waals surface area contributed by atoms with E-state index in [1.54, 1.807) is 12.4 Å². The molecule has 1 aliphatic rings. The van der Waals surface area contributed by atoms with Gasteiger partial charge in [0.05, 0.1) is 0 Å². The molecule has 4 rings (SSSR count). The van der Waals surface area contributed by atoms with E-state index in [9.17, 15) is 9.18 Å². The number of ether oxygens (including phenoxy) is 1. The lowest BCUT2D eigenvalue weighted by Gasteiger charge is -2.12. The van der Waals surface area contributed by atoms with Crippen LogP contribution in [0.5, 0.6) is 11.8 Å². The van der Waals surface area contributed by atoms with Crippen molar-refractivity contribution >= 4 is 5.91 Å². The second-order valence-electron chi connectivity index (χ2n) is 6.84. The van der Waals surface area contributed by atoms with Crippen LogP contribution in [-0.4, -0.2) is 21.9 Å². The molecule has 5 nitrogen and oxygen atoms in total. The highest BCUT2D eigenvalue weighted by molar-refractivity contribution is 5.94. The van der Waals surface area contributed by atoms with Crippen LogP contribution < -0.4 is 10.1 Å². The summed E-state index contributed by atoms with van der Waals surface area (Å²) >= 11 is 0. The van der Waals surface area contributed by atoms with Gasteiger partial charge in [0.1, 0.15) is 11.6 Å². The Kier molecular flexibility index (Phi) is 5.28. The van der Waals surface area contributed by atoms with Gasteiger partial charge in [-0.2, -0.15) is 0 Å². The standard InChI is InChI=1S/C22H20FN3O2/c23-18-9-11-20(12-10-18)28-22-24-13-17(14-25-22)15-5-7-16(8-6-15)21(27)26-19-3-1-2-4-19/h5-14,19H,1-4H2,(H,26,27). The van der Waals surface area contributed by atoms with Gasteiger partial charge in [-0.05, 0) is 54.8 Å². The van der Waals surface area contributed by atoms with Gasteiger partial charge in [-0.25, -0.2) is 14.4 Å². The van der Waals surface area contributed by atoms with Crippen LogP contribution in [0.25, 0.3) is 11.1 Å². The molecule has 1 aliphatic carbocycles. The van der Waals surface area contributed by atoms with Gasteiger partial charge in [-0.1, -0.05) is 25.0 Å². The first kappa shape index (κ1) is 18.1. The maximum atomic E-state index is 12.9. The Hall–Kier alpha value is -3.28. The second kappa shape index (κ2) is 8.17. The summed E-state index contributed by atoms with van der Waals surface area (Å²) in [6.07, 6.45) is 7.80. The number of aromatic nitrogens is 2. The molecule has 1 amide bonds. The van der Waals surface area contributed by atoms with Gasteiger partial charge in [-0.15, -0.1) is 0 Å². The Bertz CT molecular complexity index is 935. The first-order valence-electron chi connectivity index (χ1n) is 9.34. The van der Waals surface area contributed by atoms with E-state index in [0.29, 0.717) is 17.4 Å². The number of rotatable bonds is 5. The average Bonchev–Trinajstić information content (AvgIpc) is 3.23. The molecule has 1 N–H and O–H groups in total. The van der Waals surface area contributed by atoms with Crippen molar-refractivity contribution in [2.24, 2.45) is 0 Å². The zero-order chi connectivity index (χ0) is 19.3. The maximum absolute atomic E-state index is 12.9. The Morgan fingerprint density at radius 3 is 2.21 bits per heavy atom. The molecule has 0 bridgehead atoms. The molecule has 0 aliphatic heterocycles. The Balaban J connectivity index is 1.41. The van der Waals surface area contributed by atoms with Crippen molar-refractivity contribution in [3.05, 3.63) is 72.3 Å². The number of nitrogens with one attached hydrogen (secondary N) is 1. The monoisotopic (exact) mass is 377 g/mol. The summed E-state index contributed by atoms with van der Waals surface area (Å²) in [5.74, 6) is 0.105. The van der Waals surface area contributed by atoms with E-state index in [0.717, 1.165) is 24.0 Å². The molecule has 0 unspecified atom stereocenters. The van der Waals surface area contributed by atoms with Crippen molar-refractivity contribution in [3.63, 3.8) is 0 Å². The highest BCUT2D eigenvalue weighted by Crippen LogP contribution is 2.23. The molecule has 1 aromatic heterocycles. The lowest BCUT2D eigenvalue weighted by molar-refractivity contribution is 0.0938. The summed E-state index contributed by atoms with van der Waals surface area (Å²) in [6, 6.07) is 13.5. The van der Waals surface area contributed by atoms with E-state index < -0.39 is 0 Å². The summed E-state index contributed by atoms with van der Waals surface area (Å²) in [6.45, 7) is 0. The Labute approximate surface area is 162 Å². The van der Waals surface area contributed by atoms with Gasteiger partial charge in [0.15, 0.2) is 0 Å². The average molecular weight is 377 g/mol. The minimum atomic E-state index is -0.330. The van der Waals surface area contributed by atoms with Crippen molar-refractivity contribution in [1.82, 2.24) is 15.3 Å². The Morgan fingerprint density at radius 1 is 0.929 bits per heavy atom. The molecule has 0 atom stereocenters. The zero-order valence-electron chi connectivity index (χ0n) is 15.3. The van der Waals surface area contributed by atoms with E-state index in [-0.39, 0.29) is 17.7 Å². The first-order chi connectivity index (χ1) is 13.7. The lowest BCUT2D eigenvalue weighted by Crippen LogP contribution is -2.32. The van der Waals surface area contributed by atoms with E-state index in [2.05, 4.69) is 15.3 Å². The van der Waals surface area contributed by atoms with Gasteiger partial charge >= 0.3 is 6.01 Å². The molecule has 6 heteroatoms. The van der Waals surface area contributed by atoms with Crippen molar-refractivity contribution < 1.29 is 13.9 Å². The summed E-state index contributed by atoms with van der Waals surface area (Å²) in [5, 5.41) is 3.08. The SMILES string of the molecule is O=C(NC1CCCC1)c1ccc(-c2cnc(Oc3ccc(F)cc3)nc2)cc1. The van der Waals surface area contributed by atoms with Crippen LogP contribution in [0.3, 0.4) is 0 Å². The zero-order valence-corrected chi connectivity index (χ0v) is 15.3. The van der Waals surface area contributed by atoms with Crippen molar-refractivity contribution in [2.45, 2.75) is 31.7 Å². The third-order valence-corrected chi connectivity index (χ3v) is 4.82. The smallest absolute Gasteiger partial charge is 0.321 e. The van der Waals surface area contributed by atoms with Gasteiger partial charge in [0, 0.05) is 29.6 Å². The third-order valence-electron chi connectivity index (χ3n) is 4.82. The second-order valence-corrected chi connectivity index (χ2v) is 6.84. The number of halogens is 1. The van der Waals surface area contributed by atoms with Crippen LogP contribution >= 0.6 is 0 Å². The number of amides is 1. The van der Waals surface area contributed by atoms with E-state index in [1.807, 2.05) is 24.3 Å². The molecular weight excluding hydrogens is 357 g/mol. The van der Waals surface area contributed by atoms with Crippen molar-refractivity contribution in [3.8, 4) is 22.9 Å². The largest absolute Gasteiger partial charge is 0.424 e. The molecule has 0 radical (unpaired) electrons. The van der Waals surface area contributed by atoms with Crippen LogP contribution in [0.15, 0.2) is 60.9 Å². The van der Waals surface area contributed by atoms with Crippen LogP contribution in [0.1, 0.15) is 36.0 Å². The van der Waals surface area contributed by atoms with Crippen molar-refractivity contribution in [1.29, 1.82) is 0 Å². The summed E-state index contributed by atoms with van der Waals surface area (Å²) in [7, 11) is 0. The highest BCUT2D eigenvalue weighted by atomic mass is 19.1. The fourth-order valence-corrected chi connectivity index (χ4v) is 3.28. The van der Waals surface area contributed by atoms with Crippen LogP contribution in [-0.2, 0) is 0 Å². The lowest BCUT2D eigenvalue weighted by atomic mass is 10.1. The number of carbonyl (C=O) groups excluding carboxylic acids is 1. The number of carbonyl (C=O) groups is 1. The molecular formula is C22H20FN3O2. The number of benzene rings is 2. The van der Waals surface area contributed by atoms with Crippen LogP contribution in [0.4, 0.5) is 4.39 Å². The van der Waals surface area contributed by atoms with Gasteiger partial charge in [0.25, 0.3) is 5.91 Å². The van der Waals surface area contributed by atoms with Crippen LogP contribution in [0.2, 0.25) is 0 Å². The summed E-state index contributed by atoms with van der Waals surface area (Å²) < 4.78 is 18.4. The fourth-order valence-electron chi connectivity index (χ4n) is 3.28. The molecule has 1 heterocycles. The molecule has 2 aromatic carbocycles. The van der Waals surface area contributed by atoms with Gasteiger partial charge in [0.2, 0.25) is 0 Å². The quantitative estimate of drug-likeness (QED) is 0.697. The predicted molar refractivity (Wildman–Crippen MR) is 104 cm³/mol. The summed E-state index contributed by atoms with van der Waals surface area (Å²) in [4.78, 5) is 20.7. The highest BCUT2D eigenvalue weighted by Gasteiger charge is 2.17.